The summed E-state index contributed by atoms with van der Waals surface area (Å²) in [6.45, 7) is 0.618. The first-order valence-corrected chi connectivity index (χ1v) is 11.5. The molecule has 1 saturated heterocycles. The second-order valence-corrected chi connectivity index (χ2v) is 9.17. The molecule has 1 amide bonds. The Bertz CT molecular complexity index is 1220. The van der Waals surface area contributed by atoms with Gasteiger partial charge in [-0.05, 0) is 35.6 Å². The fourth-order valence-corrected chi connectivity index (χ4v) is 6.22. The number of nitrogens with zero attached hydrogens (tertiary/aromatic N) is 3. The van der Waals surface area contributed by atoms with Gasteiger partial charge in [0.1, 0.15) is 6.17 Å². The van der Waals surface area contributed by atoms with Gasteiger partial charge in [0.25, 0.3) is 5.91 Å². The number of pyridine rings is 1. The van der Waals surface area contributed by atoms with E-state index in [2.05, 4.69) is 47.5 Å². The predicted molar refractivity (Wildman–Crippen MR) is 119 cm³/mol. The van der Waals surface area contributed by atoms with Crippen LogP contribution in [0.2, 0.25) is 0 Å². The molecule has 4 heterocycles. The molecule has 0 saturated carbocycles. The summed E-state index contributed by atoms with van der Waals surface area (Å²) in [5.41, 5.74) is 3.13. The summed E-state index contributed by atoms with van der Waals surface area (Å²) in [4.78, 5) is 28.5. The lowest BCUT2D eigenvalue weighted by molar-refractivity contribution is 0.0634. The van der Waals surface area contributed by atoms with E-state index in [1.807, 2.05) is 17.8 Å². The van der Waals surface area contributed by atoms with Crippen molar-refractivity contribution in [3.8, 4) is 5.75 Å². The zero-order valence-electron chi connectivity index (χ0n) is 16.8. The fraction of sp³-hybridized carbons (Fsp3) is 0.250. The molecule has 6 nitrogen and oxygen atoms in total. The van der Waals surface area contributed by atoms with E-state index >= 15 is 0 Å². The third-order valence-electron chi connectivity index (χ3n) is 6.50. The van der Waals surface area contributed by atoms with E-state index in [-0.39, 0.29) is 23.8 Å². The van der Waals surface area contributed by atoms with E-state index in [1.54, 1.807) is 15.8 Å². The standard InChI is InChI=1S/C24H21N3O3S/c28-18-11-13-26-22(23(18)29)24(30)25-12-5-10-20(25)27(26)21-16-7-2-1-6-15(16)14-31-19-9-4-3-8-17(19)21/h1-4,6-9,11,13,20-21,29H,5,10,12,14H2/t20-,21-/m1/s1. The molecule has 31 heavy (non-hydrogen) atoms. The van der Waals surface area contributed by atoms with Gasteiger partial charge in [0.05, 0.1) is 6.04 Å². The van der Waals surface area contributed by atoms with Gasteiger partial charge in [0, 0.05) is 29.5 Å². The molecule has 0 radical (unpaired) electrons. The highest BCUT2D eigenvalue weighted by Crippen LogP contribution is 2.45. The van der Waals surface area contributed by atoms with Gasteiger partial charge in [-0.25, -0.2) is 0 Å². The van der Waals surface area contributed by atoms with Gasteiger partial charge in [0.2, 0.25) is 5.43 Å². The van der Waals surface area contributed by atoms with Gasteiger partial charge in [0.15, 0.2) is 11.4 Å². The smallest absolute Gasteiger partial charge is 0.278 e. The third-order valence-corrected chi connectivity index (χ3v) is 7.64. The molecule has 2 aromatic carbocycles. The molecule has 1 fully saturated rings. The number of hydrogen-bond donors (Lipinski definition) is 1. The van der Waals surface area contributed by atoms with E-state index in [9.17, 15) is 14.7 Å². The Morgan fingerprint density at radius 2 is 1.74 bits per heavy atom. The van der Waals surface area contributed by atoms with Crippen molar-refractivity contribution in [1.29, 1.82) is 0 Å². The first-order chi connectivity index (χ1) is 15.1. The summed E-state index contributed by atoms with van der Waals surface area (Å²) in [7, 11) is 0. The van der Waals surface area contributed by atoms with Crippen LogP contribution in [0.4, 0.5) is 0 Å². The molecule has 2 atom stereocenters. The number of carbonyl (C=O) groups excluding carboxylic acids is 1. The van der Waals surface area contributed by atoms with Crippen molar-refractivity contribution >= 4 is 17.7 Å². The number of amides is 1. The van der Waals surface area contributed by atoms with Crippen molar-refractivity contribution in [2.45, 2.75) is 35.7 Å². The molecule has 3 aliphatic heterocycles. The van der Waals surface area contributed by atoms with Crippen molar-refractivity contribution in [3.05, 3.63) is 93.4 Å². The Kier molecular flexibility index (Phi) is 4.14. The van der Waals surface area contributed by atoms with Crippen LogP contribution in [0.3, 0.4) is 0 Å². The number of aromatic hydroxyl groups is 1. The minimum Gasteiger partial charge on any atom is -0.502 e. The number of aromatic nitrogens is 1. The molecule has 156 valence electrons. The summed E-state index contributed by atoms with van der Waals surface area (Å²) < 4.78 is 1.72. The van der Waals surface area contributed by atoms with Crippen molar-refractivity contribution in [2.75, 3.05) is 11.6 Å². The van der Waals surface area contributed by atoms with Crippen LogP contribution in [0.1, 0.15) is 46.1 Å². The maximum atomic E-state index is 13.2. The first-order valence-electron chi connectivity index (χ1n) is 10.5. The molecule has 6 rings (SSSR count). The van der Waals surface area contributed by atoms with Gasteiger partial charge < -0.3 is 10.0 Å². The molecule has 0 aliphatic carbocycles. The van der Waals surface area contributed by atoms with E-state index in [4.69, 9.17) is 0 Å². The second kappa shape index (κ2) is 6.92. The molecule has 0 bridgehead atoms. The van der Waals surface area contributed by atoms with E-state index < -0.39 is 11.2 Å². The number of fused-ring (bicyclic) bond motifs is 4. The average molecular weight is 432 g/mol. The average Bonchev–Trinajstić information content (AvgIpc) is 3.22. The van der Waals surface area contributed by atoms with Crippen LogP contribution in [-0.4, -0.2) is 33.3 Å². The molecular formula is C24H21N3O3S. The Hall–Kier alpha value is -3.19. The molecule has 1 aromatic heterocycles. The lowest BCUT2D eigenvalue weighted by atomic mass is 9.93. The van der Waals surface area contributed by atoms with Gasteiger partial charge in [-0.15, -0.1) is 11.8 Å². The molecular weight excluding hydrogens is 410 g/mol. The minimum absolute atomic E-state index is 0.0533. The van der Waals surface area contributed by atoms with Gasteiger partial charge in [-0.2, -0.15) is 0 Å². The summed E-state index contributed by atoms with van der Waals surface area (Å²) in [6.07, 6.45) is 3.22. The third kappa shape index (κ3) is 2.66. The van der Waals surface area contributed by atoms with Crippen molar-refractivity contribution in [2.24, 2.45) is 0 Å². The summed E-state index contributed by atoms with van der Waals surface area (Å²) >= 11 is 1.82. The van der Waals surface area contributed by atoms with Crippen LogP contribution in [0, 0.1) is 0 Å². The molecule has 3 aromatic rings. The number of benzene rings is 2. The molecule has 3 aliphatic rings. The topological polar surface area (TPSA) is 65.8 Å². The normalized spacial score (nSPS) is 21.7. The Balaban J connectivity index is 1.66. The number of hydrogen-bond acceptors (Lipinski definition) is 5. The van der Waals surface area contributed by atoms with Crippen LogP contribution in [-0.2, 0) is 5.75 Å². The SMILES string of the molecule is O=C1c2c(O)c(=O)ccn2N([C@@H]2c3ccccc3CSc3ccccc32)[C@@H]2CCCN12. The fourth-order valence-electron chi connectivity index (χ4n) is 5.12. The number of rotatable bonds is 1. The quantitative estimate of drug-likeness (QED) is 0.639. The van der Waals surface area contributed by atoms with Gasteiger partial charge >= 0.3 is 0 Å². The molecule has 0 spiro atoms. The summed E-state index contributed by atoms with van der Waals surface area (Å²) in [5, 5.41) is 12.8. The van der Waals surface area contributed by atoms with Gasteiger partial charge in [-0.3, -0.25) is 19.3 Å². The highest BCUT2D eigenvalue weighted by Gasteiger charge is 2.46. The monoisotopic (exact) mass is 431 g/mol. The van der Waals surface area contributed by atoms with Crippen LogP contribution < -0.4 is 10.4 Å². The van der Waals surface area contributed by atoms with Crippen LogP contribution in [0.25, 0.3) is 0 Å². The second-order valence-electron chi connectivity index (χ2n) is 8.15. The minimum atomic E-state index is -0.533. The number of carbonyl (C=O) groups is 1. The lowest BCUT2D eigenvalue weighted by Crippen LogP contribution is -2.60. The maximum Gasteiger partial charge on any atom is 0.278 e. The van der Waals surface area contributed by atoms with Gasteiger partial charge in [-0.1, -0.05) is 42.5 Å². The highest BCUT2D eigenvalue weighted by molar-refractivity contribution is 7.98. The van der Waals surface area contributed by atoms with Crippen LogP contribution in [0.15, 0.2) is 70.5 Å². The van der Waals surface area contributed by atoms with Crippen molar-refractivity contribution in [1.82, 2.24) is 9.58 Å². The van der Waals surface area contributed by atoms with Crippen LogP contribution >= 0.6 is 11.8 Å². The predicted octanol–water partition coefficient (Wildman–Crippen LogP) is 3.46. The Morgan fingerprint density at radius 3 is 2.61 bits per heavy atom. The summed E-state index contributed by atoms with van der Waals surface area (Å²) in [6, 6.07) is 18.0. The Labute approximate surface area is 183 Å². The van der Waals surface area contributed by atoms with Crippen LogP contribution in [0.5, 0.6) is 5.75 Å². The largest absolute Gasteiger partial charge is 0.502 e. The highest BCUT2D eigenvalue weighted by atomic mass is 32.2. The van der Waals surface area contributed by atoms with E-state index in [0.29, 0.717) is 6.54 Å². The summed E-state index contributed by atoms with van der Waals surface area (Å²) in [5.74, 6) is 0.110. The first kappa shape index (κ1) is 18.6. The number of thioether (sulfide) groups is 1. The molecule has 0 unspecified atom stereocenters. The molecule has 1 N–H and O–H groups in total. The van der Waals surface area contributed by atoms with E-state index in [1.165, 1.54) is 27.7 Å². The van der Waals surface area contributed by atoms with E-state index in [0.717, 1.165) is 18.6 Å². The zero-order valence-corrected chi connectivity index (χ0v) is 17.6. The van der Waals surface area contributed by atoms with Crippen molar-refractivity contribution < 1.29 is 9.90 Å². The Morgan fingerprint density at radius 1 is 0.968 bits per heavy atom. The maximum absolute atomic E-state index is 13.2. The van der Waals surface area contributed by atoms with Crippen molar-refractivity contribution in [3.63, 3.8) is 0 Å². The zero-order chi connectivity index (χ0) is 21.1. The molecule has 7 heteroatoms. The lowest BCUT2D eigenvalue weighted by Gasteiger charge is -2.47.